The van der Waals surface area contributed by atoms with Gasteiger partial charge in [-0.1, -0.05) is 19.4 Å². The summed E-state index contributed by atoms with van der Waals surface area (Å²) in [5, 5.41) is 9.81. The molecule has 2 nitrogen and oxygen atoms in total. The molecule has 0 aliphatic heterocycles. The molecule has 1 atom stereocenters. The summed E-state index contributed by atoms with van der Waals surface area (Å²) in [6, 6.07) is 6.21. The Balaban J connectivity index is 1.62. The van der Waals surface area contributed by atoms with Crippen molar-refractivity contribution in [2.75, 3.05) is 0 Å². The maximum Gasteiger partial charge on any atom is 0.120 e. The summed E-state index contributed by atoms with van der Waals surface area (Å²) in [5.41, 5.74) is 2.37. The zero-order valence-corrected chi connectivity index (χ0v) is 11.8. The second kappa shape index (κ2) is 5.54. The van der Waals surface area contributed by atoms with Crippen molar-refractivity contribution >= 4 is 0 Å². The summed E-state index contributed by atoms with van der Waals surface area (Å²) in [4.78, 5) is 0. The number of benzene rings is 1. The maximum atomic E-state index is 9.81. The minimum Gasteiger partial charge on any atom is -0.490 e. The average Bonchev–Trinajstić information content (AvgIpc) is 2.81. The van der Waals surface area contributed by atoms with E-state index in [1.165, 1.54) is 37.7 Å². The predicted octanol–water partition coefficient (Wildman–Crippen LogP) is 4.01. The fraction of sp³-hybridized carbons (Fsp3) is 0.647. The van der Waals surface area contributed by atoms with E-state index in [0.717, 1.165) is 30.1 Å². The van der Waals surface area contributed by atoms with E-state index in [4.69, 9.17) is 4.74 Å². The van der Waals surface area contributed by atoms with Crippen LogP contribution in [0.3, 0.4) is 0 Å². The summed E-state index contributed by atoms with van der Waals surface area (Å²) in [6.45, 7) is 2.29. The second-order valence-corrected chi connectivity index (χ2v) is 6.08. The lowest BCUT2D eigenvalue weighted by atomic mass is 9.86. The molecule has 2 aliphatic rings. The van der Waals surface area contributed by atoms with E-state index < -0.39 is 0 Å². The molecule has 1 aromatic rings. The van der Waals surface area contributed by atoms with Crippen molar-refractivity contribution in [3.63, 3.8) is 0 Å². The Morgan fingerprint density at radius 1 is 1.16 bits per heavy atom. The highest BCUT2D eigenvalue weighted by Gasteiger charge is 2.23. The third kappa shape index (κ3) is 2.79. The van der Waals surface area contributed by atoms with E-state index in [0.29, 0.717) is 6.10 Å². The predicted molar refractivity (Wildman–Crippen MR) is 76.4 cm³/mol. The SMILES string of the molecule is CCC1CCC(Oc2ccc3c(c2)CC[C@@H]3O)CC1. The minimum absolute atomic E-state index is 0.260. The van der Waals surface area contributed by atoms with Gasteiger partial charge in [0.05, 0.1) is 12.2 Å². The van der Waals surface area contributed by atoms with E-state index in [1.54, 1.807) is 0 Å². The van der Waals surface area contributed by atoms with Gasteiger partial charge in [-0.05, 0) is 67.7 Å². The van der Waals surface area contributed by atoms with Gasteiger partial charge in [-0.3, -0.25) is 0 Å². The number of ether oxygens (including phenoxy) is 1. The molecule has 0 aromatic heterocycles. The quantitative estimate of drug-likeness (QED) is 0.889. The molecule has 0 bridgehead atoms. The molecule has 2 aliphatic carbocycles. The largest absolute Gasteiger partial charge is 0.490 e. The number of hydrogen-bond donors (Lipinski definition) is 1. The van der Waals surface area contributed by atoms with Crippen molar-refractivity contribution in [2.45, 2.75) is 64.1 Å². The van der Waals surface area contributed by atoms with Gasteiger partial charge in [0.15, 0.2) is 0 Å². The third-order valence-electron chi connectivity index (χ3n) is 4.83. The van der Waals surface area contributed by atoms with Crippen molar-refractivity contribution in [3.8, 4) is 5.75 Å². The van der Waals surface area contributed by atoms with Crippen LogP contribution in [0.4, 0.5) is 0 Å². The number of hydrogen-bond acceptors (Lipinski definition) is 2. The third-order valence-corrected chi connectivity index (χ3v) is 4.83. The first-order valence-electron chi connectivity index (χ1n) is 7.73. The normalized spacial score (nSPS) is 30.1. The van der Waals surface area contributed by atoms with E-state index in [2.05, 4.69) is 13.0 Å². The minimum atomic E-state index is -0.260. The van der Waals surface area contributed by atoms with Crippen molar-refractivity contribution in [1.82, 2.24) is 0 Å². The molecule has 1 fully saturated rings. The second-order valence-electron chi connectivity index (χ2n) is 6.08. The van der Waals surface area contributed by atoms with Crippen molar-refractivity contribution in [1.29, 1.82) is 0 Å². The molecule has 0 spiro atoms. The summed E-state index contributed by atoms with van der Waals surface area (Å²) in [7, 11) is 0. The van der Waals surface area contributed by atoms with Gasteiger partial charge < -0.3 is 9.84 Å². The number of aliphatic hydroxyl groups excluding tert-OH is 1. The Morgan fingerprint density at radius 2 is 1.95 bits per heavy atom. The highest BCUT2D eigenvalue weighted by atomic mass is 16.5. The van der Waals surface area contributed by atoms with Gasteiger partial charge in [0.1, 0.15) is 5.75 Å². The first kappa shape index (κ1) is 13.0. The van der Waals surface area contributed by atoms with Gasteiger partial charge in [0.2, 0.25) is 0 Å². The van der Waals surface area contributed by atoms with Crippen LogP contribution in [-0.4, -0.2) is 11.2 Å². The van der Waals surface area contributed by atoms with Crippen LogP contribution in [0.2, 0.25) is 0 Å². The van der Waals surface area contributed by atoms with Crippen LogP contribution in [-0.2, 0) is 6.42 Å². The lowest BCUT2D eigenvalue weighted by Crippen LogP contribution is -2.23. The van der Waals surface area contributed by atoms with Crippen molar-refractivity contribution in [3.05, 3.63) is 29.3 Å². The van der Waals surface area contributed by atoms with Crippen LogP contribution in [0, 0.1) is 5.92 Å². The van der Waals surface area contributed by atoms with Gasteiger partial charge in [-0.25, -0.2) is 0 Å². The molecule has 1 aromatic carbocycles. The Morgan fingerprint density at radius 3 is 2.68 bits per heavy atom. The Bertz CT molecular complexity index is 433. The molecule has 19 heavy (non-hydrogen) atoms. The molecule has 0 saturated heterocycles. The molecule has 2 heteroatoms. The summed E-state index contributed by atoms with van der Waals surface area (Å²) in [5.74, 6) is 1.91. The first-order valence-corrected chi connectivity index (χ1v) is 7.73. The topological polar surface area (TPSA) is 29.5 Å². The lowest BCUT2D eigenvalue weighted by molar-refractivity contribution is 0.130. The van der Waals surface area contributed by atoms with Crippen molar-refractivity contribution in [2.24, 2.45) is 5.92 Å². The molecule has 0 radical (unpaired) electrons. The molecule has 0 heterocycles. The summed E-state index contributed by atoms with van der Waals surface area (Å²) >= 11 is 0. The highest BCUT2D eigenvalue weighted by molar-refractivity contribution is 5.39. The molecule has 1 saturated carbocycles. The summed E-state index contributed by atoms with van der Waals surface area (Å²) < 4.78 is 6.13. The van der Waals surface area contributed by atoms with Crippen LogP contribution >= 0.6 is 0 Å². The lowest BCUT2D eigenvalue weighted by Gasteiger charge is -2.28. The highest BCUT2D eigenvalue weighted by Crippen LogP contribution is 2.35. The fourth-order valence-corrected chi connectivity index (χ4v) is 3.50. The average molecular weight is 260 g/mol. The van der Waals surface area contributed by atoms with Crippen LogP contribution < -0.4 is 4.74 Å². The Hall–Kier alpha value is -1.02. The van der Waals surface area contributed by atoms with Crippen LogP contribution in [0.25, 0.3) is 0 Å². The number of fused-ring (bicyclic) bond motifs is 1. The monoisotopic (exact) mass is 260 g/mol. The molecule has 0 amide bonds. The van der Waals surface area contributed by atoms with Gasteiger partial charge >= 0.3 is 0 Å². The van der Waals surface area contributed by atoms with E-state index in [1.807, 2.05) is 12.1 Å². The maximum absolute atomic E-state index is 9.81. The van der Waals surface area contributed by atoms with Crippen LogP contribution in [0.5, 0.6) is 5.75 Å². The number of aliphatic hydroxyl groups is 1. The molecule has 0 unspecified atom stereocenters. The zero-order valence-electron chi connectivity index (χ0n) is 11.8. The van der Waals surface area contributed by atoms with Gasteiger partial charge in [-0.15, -0.1) is 0 Å². The molecular weight excluding hydrogens is 236 g/mol. The number of aryl methyl sites for hydroxylation is 1. The van der Waals surface area contributed by atoms with Crippen molar-refractivity contribution < 1.29 is 9.84 Å². The zero-order chi connectivity index (χ0) is 13.2. The molecule has 104 valence electrons. The van der Waals surface area contributed by atoms with Gasteiger partial charge in [0, 0.05) is 0 Å². The number of rotatable bonds is 3. The summed E-state index contributed by atoms with van der Waals surface area (Å²) in [6.07, 6.45) is 8.29. The molecular formula is C17H24O2. The first-order chi connectivity index (χ1) is 9.26. The smallest absolute Gasteiger partial charge is 0.120 e. The molecule has 3 rings (SSSR count). The molecule has 1 N–H and O–H groups in total. The Labute approximate surface area is 115 Å². The van der Waals surface area contributed by atoms with E-state index in [-0.39, 0.29) is 6.10 Å². The van der Waals surface area contributed by atoms with E-state index >= 15 is 0 Å². The Kier molecular flexibility index (Phi) is 3.79. The van der Waals surface area contributed by atoms with Gasteiger partial charge in [0.25, 0.3) is 0 Å². The standard InChI is InChI=1S/C17H24O2/c1-2-12-3-6-14(7-4-12)19-15-8-9-16-13(11-15)5-10-17(16)18/h8-9,11-12,14,17-18H,2-7,10H2,1H3/t12?,14?,17-/m0/s1. The van der Waals surface area contributed by atoms with E-state index in [9.17, 15) is 5.11 Å². The fourth-order valence-electron chi connectivity index (χ4n) is 3.50. The van der Waals surface area contributed by atoms with Crippen LogP contribution in [0.15, 0.2) is 18.2 Å². The van der Waals surface area contributed by atoms with Crippen LogP contribution in [0.1, 0.15) is 62.7 Å². The van der Waals surface area contributed by atoms with Gasteiger partial charge in [-0.2, -0.15) is 0 Å².